The minimum absolute atomic E-state index is 0.00129. The quantitative estimate of drug-likeness (QED) is 0.506. The Morgan fingerprint density at radius 1 is 1.03 bits per heavy atom. The van der Waals surface area contributed by atoms with Gasteiger partial charge in [-0.25, -0.2) is 9.29 Å². The second-order valence-corrected chi connectivity index (χ2v) is 9.39. The number of allylic oxidation sites excluding steroid dienone is 1. The van der Waals surface area contributed by atoms with Gasteiger partial charge >= 0.3 is 0 Å². The van der Waals surface area contributed by atoms with Crippen molar-refractivity contribution in [2.45, 2.75) is 30.5 Å². The number of ether oxygens (including phenoxy) is 1. The van der Waals surface area contributed by atoms with Gasteiger partial charge in [-0.3, -0.25) is 0 Å². The van der Waals surface area contributed by atoms with Gasteiger partial charge in [-0.15, -0.1) is 0 Å². The molecule has 0 fully saturated rings. The molecule has 0 amide bonds. The number of pyridine rings is 1. The lowest BCUT2D eigenvalue weighted by Gasteiger charge is -2.39. The third-order valence-corrected chi connectivity index (χ3v) is 7.17. The second-order valence-electron chi connectivity index (χ2n) is 7.19. The highest BCUT2D eigenvalue weighted by Crippen LogP contribution is 2.40. The monoisotopic (exact) mass is 454 g/mol. The smallest absolute Gasteiger partial charge is 0.283 e. The van der Waals surface area contributed by atoms with Gasteiger partial charge in [0.1, 0.15) is 6.23 Å². The first kappa shape index (κ1) is 21.6. The normalized spacial score (nSPS) is 19.2. The SMILES string of the molecule is CCO[C@@H]1C[C@H](c2ccccc2)C=C(c2ccc(Cl)cc2)N1S(=O)(=O)c1ccccn1. The molecule has 5 nitrogen and oxygen atoms in total. The fourth-order valence-electron chi connectivity index (χ4n) is 3.79. The van der Waals surface area contributed by atoms with Crippen LogP contribution in [0.4, 0.5) is 0 Å². The lowest BCUT2D eigenvalue weighted by atomic mass is 9.90. The molecule has 2 atom stereocenters. The van der Waals surface area contributed by atoms with E-state index in [1.165, 1.54) is 16.6 Å². The van der Waals surface area contributed by atoms with Gasteiger partial charge in [0.05, 0.1) is 5.70 Å². The van der Waals surface area contributed by atoms with Crippen LogP contribution < -0.4 is 0 Å². The van der Waals surface area contributed by atoms with Crippen molar-refractivity contribution >= 4 is 27.3 Å². The number of sulfonamides is 1. The molecule has 2 heterocycles. The molecule has 2 aromatic carbocycles. The summed E-state index contributed by atoms with van der Waals surface area (Å²) in [5.74, 6) is -0.00129. The Hall–Kier alpha value is -2.67. The minimum atomic E-state index is -3.95. The number of benzene rings is 2. The summed E-state index contributed by atoms with van der Waals surface area (Å²) < 4.78 is 34.7. The number of hydrogen-bond donors (Lipinski definition) is 0. The molecule has 7 heteroatoms. The maximum absolute atomic E-state index is 13.7. The Morgan fingerprint density at radius 3 is 2.39 bits per heavy atom. The van der Waals surface area contributed by atoms with Gasteiger partial charge in [0.2, 0.25) is 0 Å². The summed E-state index contributed by atoms with van der Waals surface area (Å²) in [5, 5.41) is 0.568. The molecule has 0 aliphatic carbocycles. The van der Waals surface area contributed by atoms with Crippen molar-refractivity contribution in [2.75, 3.05) is 6.61 Å². The van der Waals surface area contributed by atoms with Crippen LogP contribution in [0.5, 0.6) is 0 Å². The van der Waals surface area contributed by atoms with Crippen LogP contribution in [0.15, 0.2) is 90.1 Å². The van der Waals surface area contributed by atoms with Crippen molar-refractivity contribution in [1.82, 2.24) is 9.29 Å². The van der Waals surface area contributed by atoms with Gasteiger partial charge in [0.25, 0.3) is 10.0 Å². The molecule has 31 heavy (non-hydrogen) atoms. The molecular weight excluding hydrogens is 432 g/mol. The maximum atomic E-state index is 13.7. The lowest BCUT2D eigenvalue weighted by Crippen LogP contribution is -2.44. The summed E-state index contributed by atoms with van der Waals surface area (Å²) in [6, 6.07) is 22.0. The lowest BCUT2D eigenvalue weighted by molar-refractivity contribution is -0.00305. The van der Waals surface area contributed by atoms with E-state index in [9.17, 15) is 8.42 Å². The van der Waals surface area contributed by atoms with Crippen LogP contribution in [0.1, 0.15) is 30.4 Å². The van der Waals surface area contributed by atoms with E-state index in [1.807, 2.05) is 55.5 Å². The van der Waals surface area contributed by atoms with Gasteiger partial charge in [-0.05, 0) is 42.3 Å². The van der Waals surface area contributed by atoms with Crippen LogP contribution in [0.2, 0.25) is 5.02 Å². The molecule has 0 saturated heterocycles. The number of halogens is 1. The van der Waals surface area contributed by atoms with E-state index in [1.54, 1.807) is 24.3 Å². The van der Waals surface area contributed by atoms with Gasteiger partial charge in [0.15, 0.2) is 5.03 Å². The van der Waals surface area contributed by atoms with Gasteiger partial charge < -0.3 is 4.74 Å². The average Bonchev–Trinajstić information content (AvgIpc) is 2.80. The molecule has 0 saturated carbocycles. The van der Waals surface area contributed by atoms with Crippen molar-refractivity contribution in [3.05, 3.63) is 101 Å². The molecule has 0 bridgehead atoms. The first-order chi connectivity index (χ1) is 15.0. The Bertz CT molecular complexity index is 1150. The zero-order chi connectivity index (χ0) is 21.8. The summed E-state index contributed by atoms with van der Waals surface area (Å²) in [5.41, 5.74) is 2.41. The summed E-state index contributed by atoms with van der Waals surface area (Å²) in [6.45, 7) is 2.25. The molecular formula is C24H23ClN2O3S. The minimum Gasteiger partial charge on any atom is -0.358 e. The topological polar surface area (TPSA) is 59.5 Å². The van der Waals surface area contributed by atoms with E-state index in [0.717, 1.165) is 11.1 Å². The van der Waals surface area contributed by atoms with Gasteiger partial charge in [-0.1, -0.05) is 66.2 Å². The predicted octanol–water partition coefficient (Wildman–Crippen LogP) is 5.32. The fraction of sp³-hybridized carbons (Fsp3) is 0.208. The Labute approximate surface area is 188 Å². The van der Waals surface area contributed by atoms with Crippen molar-refractivity contribution in [3.8, 4) is 0 Å². The molecule has 0 unspecified atom stereocenters. The third-order valence-electron chi connectivity index (χ3n) is 5.20. The standard InChI is InChI=1S/C24H23ClN2O3S/c1-2-30-24-17-20(18-8-4-3-5-9-18)16-22(19-11-13-21(25)14-12-19)27(24)31(28,29)23-10-6-7-15-26-23/h3-16,20,24H,2,17H2,1H3/t20-,24-/m1/s1. The second kappa shape index (κ2) is 9.22. The molecule has 0 radical (unpaired) electrons. The number of hydrogen-bond acceptors (Lipinski definition) is 4. The van der Waals surface area contributed by atoms with E-state index in [0.29, 0.717) is 23.7 Å². The van der Waals surface area contributed by atoms with E-state index >= 15 is 0 Å². The zero-order valence-corrected chi connectivity index (χ0v) is 18.6. The van der Waals surface area contributed by atoms with E-state index in [4.69, 9.17) is 16.3 Å². The molecule has 1 aliphatic heterocycles. The molecule has 1 aromatic heterocycles. The highest BCUT2D eigenvalue weighted by atomic mass is 35.5. The van der Waals surface area contributed by atoms with Crippen LogP contribution in [0, 0.1) is 0 Å². The number of aromatic nitrogens is 1. The van der Waals surface area contributed by atoms with Crippen molar-refractivity contribution in [3.63, 3.8) is 0 Å². The van der Waals surface area contributed by atoms with Crippen molar-refractivity contribution in [2.24, 2.45) is 0 Å². The number of nitrogens with zero attached hydrogens (tertiary/aromatic N) is 2. The number of rotatable bonds is 6. The maximum Gasteiger partial charge on any atom is 0.283 e. The first-order valence-corrected chi connectivity index (χ1v) is 11.9. The largest absolute Gasteiger partial charge is 0.358 e. The summed E-state index contributed by atoms with van der Waals surface area (Å²) >= 11 is 6.09. The van der Waals surface area contributed by atoms with E-state index < -0.39 is 16.3 Å². The highest BCUT2D eigenvalue weighted by Gasteiger charge is 2.40. The average molecular weight is 455 g/mol. The Balaban J connectivity index is 1.89. The van der Waals surface area contributed by atoms with Crippen LogP contribution in [-0.2, 0) is 14.8 Å². The van der Waals surface area contributed by atoms with Gasteiger partial charge in [-0.2, -0.15) is 8.42 Å². The molecule has 4 rings (SSSR count). The fourth-order valence-corrected chi connectivity index (χ4v) is 5.44. The molecule has 0 N–H and O–H groups in total. The van der Waals surface area contributed by atoms with Crippen LogP contribution in [0.25, 0.3) is 5.70 Å². The van der Waals surface area contributed by atoms with E-state index in [2.05, 4.69) is 4.98 Å². The van der Waals surface area contributed by atoms with Gasteiger partial charge in [0, 0.05) is 30.2 Å². The summed E-state index contributed by atoms with van der Waals surface area (Å²) in [7, 11) is -3.95. The van der Waals surface area contributed by atoms with Crippen molar-refractivity contribution in [1.29, 1.82) is 0 Å². The predicted molar refractivity (Wildman–Crippen MR) is 122 cm³/mol. The zero-order valence-electron chi connectivity index (χ0n) is 17.1. The Morgan fingerprint density at radius 2 is 1.74 bits per heavy atom. The molecule has 1 aliphatic rings. The summed E-state index contributed by atoms with van der Waals surface area (Å²) in [4.78, 5) is 4.11. The van der Waals surface area contributed by atoms with E-state index in [-0.39, 0.29) is 10.9 Å². The molecule has 3 aromatic rings. The molecule has 0 spiro atoms. The highest BCUT2D eigenvalue weighted by molar-refractivity contribution is 7.89. The first-order valence-electron chi connectivity index (χ1n) is 10.1. The van der Waals surface area contributed by atoms with Crippen molar-refractivity contribution < 1.29 is 13.2 Å². The van der Waals surface area contributed by atoms with Crippen LogP contribution in [0.3, 0.4) is 0 Å². The third kappa shape index (κ3) is 4.51. The molecule has 160 valence electrons. The Kier molecular flexibility index (Phi) is 6.41. The van der Waals surface area contributed by atoms with Crippen LogP contribution >= 0.6 is 11.6 Å². The van der Waals surface area contributed by atoms with Crippen LogP contribution in [-0.4, -0.2) is 30.5 Å². The summed E-state index contributed by atoms with van der Waals surface area (Å²) in [6.07, 6.45) is 3.30.